The first kappa shape index (κ1) is 17.8. The number of anilines is 2. The fourth-order valence-electron chi connectivity index (χ4n) is 2.03. The summed E-state index contributed by atoms with van der Waals surface area (Å²) in [5.41, 5.74) is 2.00. The van der Waals surface area contributed by atoms with Crippen LogP contribution in [0, 0.1) is 0 Å². The number of sulfonamides is 1. The Bertz CT molecular complexity index is 784. The largest absolute Gasteiger partial charge is 0.450 e. The summed E-state index contributed by atoms with van der Waals surface area (Å²) in [5, 5.41) is 2.54. The lowest BCUT2D eigenvalue weighted by molar-refractivity contribution is 0.168. The Hall–Kier alpha value is -2.54. The third-order valence-corrected chi connectivity index (χ3v) is 4.70. The Labute approximate surface area is 141 Å². The van der Waals surface area contributed by atoms with Crippen LogP contribution < -0.4 is 10.0 Å². The standard InChI is InChI=1S/C17H20N2O4S/c1-3-13-5-11-16(12-6-13)24(21,22)19-15-9-7-14(8-10-15)18-17(20)23-4-2/h5-12,19H,3-4H2,1-2H3,(H,18,20). The molecule has 6 nitrogen and oxygen atoms in total. The maximum Gasteiger partial charge on any atom is 0.411 e. The second-order valence-electron chi connectivity index (χ2n) is 5.03. The number of carbonyl (C=O) groups is 1. The molecule has 0 atom stereocenters. The normalized spacial score (nSPS) is 10.9. The minimum atomic E-state index is -3.64. The quantitative estimate of drug-likeness (QED) is 0.835. The molecule has 0 bridgehead atoms. The zero-order valence-electron chi connectivity index (χ0n) is 13.6. The lowest BCUT2D eigenvalue weighted by Crippen LogP contribution is -2.14. The highest BCUT2D eigenvalue weighted by atomic mass is 32.2. The lowest BCUT2D eigenvalue weighted by Gasteiger charge is -2.10. The third-order valence-electron chi connectivity index (χ3n) is 3.30. The molecule has 0 spiro atoms. The van der Waals surface area contributed by atoms with Crippen molar-refractivity contribution >= 4 is 27.5 Å². The van der Waals surface area contributed by atoms with Crippen LogP contribution in [0.3, 0.4) is 0 Å². The first-order valence-electron chi connectivity index (χ1n) is 7.60. The van der Waals surface area contributed by atoms with E-state index in [9.17, 15) is 13.2 Å². The first-order valence-corrected chi connectivity index (χ1v) is 9.08. The van der Waals surface area contributed by atoms with Crippen LogP contribution in [0.2, 0.25) is 0 Å². The Morgan fingerprint density at radius 3 is 2.08 bits per heavy atom. The molecule has 24 heavy (non-hydrogen) atoms. The highest BCUT2D eigenvalue weighted by Gasteiger charge is 2.14. The molecule has 0 aromatic heterocycles. The molecule has 128 valence electrons. The van der Waals surface area contributed by atoms with Crippen LogP contribution in [0.4, 0.5) is 16.2 Å². The number of rotatable bonds is 6. The predicted octanol–water partition coefficient (Wildman–Crippen LogP) is 3.62. The van der Waals surface area contributed by atoms with Crippen LogP contribution in [0.1, 0.15) is 19.4 Å². The number of benzene rings is 2. The van der Waals surface area contributed by atoms with Crippen LogP contribution >= 0.6 is 0 Å². The Morgan fingerprint density at radius 1 is 0.958 bits per heavy atom. The van der Waals surface area contributed by atoms with E-state index in [1.165, 1.54) is 0 Å². The molecule has 7 heteroatoms. The second kappa shape index (κ2) is 7.83. The molecule has 0 aliphatic heterocycles. The Morgan fingerprint density at radius 2 is 1.54 bits per heavy atom. The summed E-state index contributed by atoms with van der Waals surface area (Å²) in [6, 6.07) is 13.1. The van der Waals surface area contributed by atoms with Crippen molar-refractivity contribution in [3.8, 4) is 0 Å². The van der Waals surface area contributed by atoms with Gasteiger partial charge in [-0.25, -0.2) is 13.2 Å². The van der Waals surface area contributed by atoms with E-state index in [2.05, 4.69) is 10.0 Å². The van der Waals surface area contributed by atoms with Gasteiger partial charge < -0.3 is 4.74 Å². The molecule has 0 radical (unpaired) electrons. The predicted molar refractivity (Wildman–Crippen MR) is 93.7 cm³/mol. The van der Waals surface area contributed by atoms with E-state index >= 15 is 0 Å². The van der Waals surface area contributed by atoms with Crippen molar-refractivity contribution < 1.29 is 17.9 Å². The molecule has 0 heterocycles. The number of hydrogen-bond acceptors (Lipinski definition) is 4. The highest BCUT2D eigenvalue weighted by Crippen LogP contribution is 2.19. The van der Waals surface area contributed by atoms with Crippen molar-refractivity contribution in [3.05, 3.63) is 54.1 Å². The maximum atomic E-state index is 12.3. The van der Waals surface area contributed by atoms with Crippen molar-refractivity contribution in [1.82, 2.24) is 0 Å². The molecular formula is C17H20N2O4S. The Balaban J connectivity index is 2.07. The zero-order valence-corrected chi connectivity index (χ0v) is 14.4. The van der Waals surface area contributed by atoms with Gasteiger partial charge in [-0.1, -0.05) is 19.1 Å². The van der Waals surface area contributed by atoms with Gasteiger partial charge in [0, 0.05) is 11.4 Å². The van der Waals surface area contributed by atoms with E-state index in [1.807, 2.05) is 6.92 Å². The van der Waals surface area contributed by atoms with E-state index < -0.39 is 16.1 Å². The molecule has 2 N–H and O–H groups in total. The van der Waals surface area contributed by atoms with Gasteiger partial charge in [-0.05, 0) is 55.3 Å². The average Bonchev–Trinajstić information content (AvgIpc) is 2.57. The number of amides is 1. The van der Waals surface area contributed by atoms with Crippen LogP contribution in [0.25, 0.3) is 0 Å². The fourth-order valence-corrected chi connectivity index (χ4v) is 3.08. The van der Waals surface area contributed by atoms with Gasteiger partial charge in [0.25, 0.3) is 10.0 Å². The van der Waals surface area contributed by atoms with Crippen LogP contribution in [0.5, 0.6) is 0 Å². The highest BCUT2D eigenvalue weighted by molar-refractivity contribution is 7.92. The van der Waals surface area contributed by atoms with E-state index in [-0.39, 0.29) is 11.5 Å². The molecule has 0 fully saturated rings. The van der Waals surface area contributed by atoms with Crippen molar-refractivity contribution in [3.63, 3.8) is 0 Å². The van der Waals surface area contributed by atoms with Gasteiger partial charge in [0.2, 0.25) is 0 Å². The van der Waals surface area contributed by atoms with Gasteiger partial charge in [-0.15, -0.1) is 0 Å². The van der Waals surface area contributed by atoms with Crippen LogP contribution in [0.15, 0.2) is 53.4 Å². The first-order chi connectivity index (χ1) is 11.4. The number of carbonyl (C=O) groups excluding carboxylic acids is 1. The smallest absolute Gasteiger partial charge is 0.411 e. The van der Waals surface area contributed by atoms with E-state index in [4.69, 9.17) is 4.74 Å². The lowest BCUT2D eigenvalue weighted by atomic mass is 10.2. The second-order valence-corrected chi connectivity index (χ2v) is 6.71. The monoisotopic (exact) mass is 348 g/mol. The number of nitrogens with one attached hydrogen (secondary N) is 2. The molecule has 0 saturated carbocycles. The van der Waals surface area contributed by atoms with Crippen molar-refractivity contribution in [1.29, 1.82) is 0 Å². The van der Waals surface area contributed by atoms with E-state index in [0.29, 0.717) is 11.4 Å². The third kappa shape index (κ3) is 4.73. The van der Waals surface area contributed by atoms with Crippen molar-refractivity contribution in [2.75, 3.05) is 16.6 Å². The minimum Gasteiger partial charge on any atom is -0.450 e. The van der Waals surface area contributed by atoms with E-state index in [1.54, 1.807) is 55.5 Å². The van der Waals surface area contributed by atoms with Gasteiger partial charge >= 0.3 is 6.09 Å². The summed E-state index contributed by atoms with van der Waals surface area (Å²) in [7, 11) is -3.64. The SMILES string of the molecule is CCOC(=O)Nc1ccc(NS(=O)(=O)c2ccc(CC)cc2)cc1. The number of hydrogen-bond donors (Lipinski definition) is 2. The van der Waals surface area contributed by atoms with Gasteiger partial charge in [-0.2, -0.15) is 0 Å². The molecule has 0 aliphatic carbocycles. The van der Waals surface area contributed by atoms with E-state index in [0.717, 1.165) is 12.0 Å². The topological polar surface area (TPSA) is 84.5 Å². The van der Waals surface area contributed by atoms with Crippen molar-refractivity contribution in [2.24, 2.45) is 0 Å². The maximum absolute atomic E-state index is 12.3. The molecule has 0 unspecified atom stereocenters. The molecule has 0 aliphatic rings. The molecule has 2 rings (SSSR count). The Kier molecular flexibility index (Phi) is 5.81. The summed E-state index contributed by atoms with van der Waals surface area (Å²) < 4.78 is 32.0. The average molecular weight is 348 g/mol. The number of ether oxygens (including phenoxy) is 1. The molecule has 1 amide bonds. The summed E-state index contributed by atoms with van der Waals surface area (Å²) in [6.45, 7) is 4.00. The van der Waals surface area contributed by atoms with Crippen molar-refractivity contribution in [2.45, 2.75) is 25.2 Å². The molecule has 2 aromatic carbocycles. The van der Waals surface area contributed by atoms with Gasteiger partial charge in [0.05, 0.1) is 11.5 Å². The number of aryl methyl sites for hydroxylation is 1. The molecule has 2 aromatic rings. The van der Waals surface area contributed by atoms with Gasteiger partial charge in [-0.3, -0.25) is 10.0 Å². The molecule has 0 saturated heterocycles. The minimum absolute atomic E-state index is 0.202. The van der Waals surface area contributed by atoms with Crippen LogP contribution in [-0.4, -0.2) is 21.1 Å². The molecular weight excluding hydrogens is 328 g/mol. The van der Waals surface area contributed by atoms with Crippen LogP contribution in [-0.2, 0) is 21.2 Å². The fraction of sp³-hybridized carbons (Fsp3) is 0.235. The van der Waals surface area contributed by atoms with Gasteiger partial charge in [0.1, 0.15) is 0 Å². The summed E-state index contributed by atoms with van der Waals surface area (Å²) >= 11 is 0. The zero-order chi connectivity index (χ0) is 17.6. The summed E-state index contributed by atoms with van der Waals surface area (Å²) in [4.78, 5) is 11.5. The summed E-state index contributed by atoms with van der Waals surface area (Å²) in [6.07, 6.45) is 0.296. The van der Waals surface area contributed by atoms with Gasteiger partial charge in [0.15, 0.2) is 0 Å². The summed E-state index contributed by atoms with van der Waals surface area (Å²) in [5.74, 6) is 0.